The molecule has 1 aromatic heterocycles. The number of benzene rings is 1. The van der Waals surface area contributed by atoms with E-state index in [0.717, 1.165) is 23.2 Å². The molecule has 0 unspecified atom stereocenters. The number of sulfonamides is 1. The lowest BCUT2D eigenvalue weighted by Gasteiger charge is -2.11. The highest BCUT2D eigenvalue weighted by atomic mass is 32.2. The Kier molecular flexibility index (Phi) is 5.46. The van der Waals surface area contributed by atoms with Gasteiger partial charge in [0.1, 0.15) is 0 Å². The van der Waals surface area contributed by atoms with Crippen LogP contribution in [0.15, 0.2) is 34.0 Å². The van der Waals surface area contributed by atoms with Crippen molar-refractivity contribution in [3.63, 3.8) is 0 Å². The largest absolute Gasteiger partial charge is 0.316 e. The number of thiazole rings is 1. The van der Waals surface area contributed by atoms with Gasteiger partial charge >= 0.3 is 0 Å². The Balaban J connectivity index is 2.20. The second-order valence-electron chi connectivity index (χ2n) is 4.62. The highest BCUT2D eigenvalue weighted by Gasteiger charge is 2.15. The zero-order chi connectivity index (χ0) is 15.3. The molecule has 0 saturated carbocycles. The Bertz CT molecular complexity index is 682. The molecule has 0 amide bonds. The molecule has 114 valence electrons. The first-order valence-electron chi connectivity index (χ1n) is 6.70. The summed E-state index contributed by atoms with van der Waals surface area (Å²) in [7, 11) is -1.67. The van der Waals surface area contributed by atoms with Crippen molar-refractivity contribution in [2.45, 2.75) is 31.3 Å². The van der Waals surface area contributed by atoms with Crippen molar-refractivity contribution >= 4 is 21.4 Å². The molecule has 0 saturated heterocycles. The quantitative estimate of drug-likeness (QED) is 0.816. The van der Waals surface area contributed by atoms with Gasteiger partial charge in [-0.1, -0.05) is 13.0 Å². The van der Waals surface area contributed by atoms with E-state index in [1.807, 2.05) is 18.5 Å². The normalized spacial score (nSPS) is 11.7. The van der Waals surface area contributed by atoms with Crippen LogP contribution in [-0.2, 0) is 29.5 Å². The summed E-state index contributed by atoms with van der Waals surface area (Å²) < 4.78 is 27.2. The molecule has 5 nitrogen and oxygen atoms in total. The summed E-state index contributed by atoms with van der Waals surface area (Å²) in [6.07, 6.45) is 0.879. The van der Waals surface area contributed by atoms with Crippen LogP contribution in [0.1, 0.15) is 23.7 Å². The molecule has 0 aliphatic heterocycles. The minimum atomic E-state index is -3.52. The van der Waals surface area contributed by atoms with Crippen molar-refractivity contribution in [2.24, 2.45) is 0 Å². The van der Waals surface area contributed by atoms with E-state index in [-0.39, 0.29) is 6.54 Å². The molecule has 0 atom stereocenters. The number of aromatic nitrogens is 1. The molecule has 1 heterocycles. The van der Waals surface area contributed by atoms with Crippen molar-refractivity contribution in [1.82, 2.24) is 15.0 Å². The molecule has 0 bridgehead atoms. The van der Waals surface area contributed by atoms with Gasteiger partial charge < -0.3 is 5.32 Å². The first kappa shape index (κ1) is 16.1. The first-order valence-corrected chi connectivity index (χ1v) is 9.12. The van der Waals surface area contributed by atoms with Gasteiger partial charge in [-0.05, 0) is 36.7 Å². The van der Waals surface area contributed by atoms with Gasteiger partial charge in [0.2, 0.25) is 10.0 Å². The zero-order valence-corrected chi connectivity index (χ0v) is 13.7. The van der Waals surface area contributed by atoms with E-state index in [1.165, 1.54) is 11.3 Å². The zero-order valence-electron chi connectivity index (χ0n) is 12.1. The van der Waals surface area contributed by atoms with Crippen LogP contribution in [0.25, 0.3) is 0 Å². The highest BCUT2D eigenvalue weighted by molar-refractivity contribution is 7.89. The van der Waals surface area contributed by atoms with Gasteiger partial charge in [-0.25, -0.2) is 18.1 Å². The summed E-state index contributed by atoms with van der Waals surface area (Å²) in [5.74, 6) is 0. The maximum Gasteiger partial charge on any atom is 0.240 e. The van der Waals surface area contributed by atoms with Gasteiger partial charge in [-0.15, -0.1) is 11.3 Å². The van der Waals surface area contributed by atoms with Crippen LogP contribution in [0.2, 0.25) is 0 Å². The summed E-state index contributed by atoms with van der Waals surface area (Å²) in [6.45, 7) is 2.92. The van der Waals surface area contributed by atoms with Crippen molar-refractivity contribution in [1.29, 1.82) is 0 Å². The first-order chi connectivity index (χ1) is 10.1. The van der Waals surface area contributed by atoms with E-state index in [2.05, 4.69) is 21.9 Å². The summed E-state index contributed by atoms with van der Waals surface area (Å²) in [5, 5.41) is 4.90. The molecule has 2 aromatic rings. The molecule has 0 radical (unpaired) electrons. The number of hydrogen-bond donors (Lipinski definition) is 2. The van der Waals surface area contributed by atoms with E-state index in [1.54, 1.807) is 17.6 Å². The molecule has 0 aliphatic carbocycles. The summed E-state index contributed by atoms with van der Waals surface area (Å²) in [5.41, 5.74) is 4.58. The molecule has 1 aromatic carbocycles. The second kappa shape index (κ2) is 7.13. The van der Waals surface area contributed by atoms with E-state index in [0.29, 0.717) is 11.4 Å². The van der Waals surface area contributed by atoms with Crippen molar-refractivity contribution < 1.29 is 8.42 Å². The Morgan fingerprint density at radius 2 is 2.05 bits per heavy atom. The van der Waals surface area contributed by atoms with Crippen LogP contribution in [-0.4, -0.2) is 20.4 Å². The standard InChI is InChI=1S/C14H19N3O2S2/c1-3-11-4-5-14(6-12(11)7-15-2)21(18,19)17-8-13-9-20-10-16-13/h4-6,9-10,15,17H,3,7-8H2,1-2H3. The van der Waals surface area contributed by atoms with E-state index in [4.69, 9.17) is 0 Å². The van der Waals surface area contributed by atoms with Crippen LogP contribution in [0, 0.1) is 0 Å². The molecule has 2 rings (SSSR count). The van der Waals surface area contributed by atoms with Gasteiger partial charge in [0.15, 0.2) is 0 Å². The lowest BCUT2D eigenvalue weighted by molar-refractivity contribution is 0.580. The van der Waals surface area contributed by atoms with Crippen LogP contribution >= 0.6 is 11.3 Å². The topological polar surface area (TPSA) is 71.1 Å². The molecule has 0 aliphatic rings. The third-order valence-electron chi connectivity index (χ3n) is 3.16. The van der Waals surface area contributed by atoms with Crippen molar-refractivity contribution in [3.05, 3.63) is 45.9 Å². The maximum atomic E-state index is 12.3. The number of nitrogens with zero attached hydrogens (tertiary/aromatic N) is 1. The molecule has 0 spiro atoms. The summed E-state index contributed by atoms with van der Waals surface area (Å²) in [6, 6.07) is 5.27. The minimum absolute atomic E-state index is 0.211. The van der Waals surface area contributed by atoms with Gasteiger partial charge in [0.25, 0.3) is 0 Å². The van der Waals surface area contributed by atoms with Gasteiger partial charge in [0.05, 0.1) is 22.6 Å². The summed E-state index contributed by atoms with van der Waals surface area (Å²) >= 11 is 1.45. The second-order valence-corrected chi connectivity index (χ2v) is 7.10. The fourth-order valence-corrected chi connectivity index (χ4v) is 3.65. The summed E-state index contributed by atoms with van der Waals surface area (Å²) in [4.78, 5) is 4.36. The fraction of sp³-hybridized carbons (Fsp3) is 0.357. The SMILES string of the molecule is CCc1ccc(S(=O)(=O)NCc2cscn2)cc1CNC. The monoisotopic (exact) mass is 325 g/mol. The average Bonchev–Trinajstić information content (AvgIpc) is 2.99. The minimum Gasteiger partial charge on any atom is -0.316 e. The van der Waals surface area contributed by atoms with Crippen molar-refractivity contribution in [2.75, 3.05) is 7.05 Å². The predicted octanol–water partition coefficient (Wildman–Crippen LogP) is 1.90. The Labute approximate surface area is 129 Å². The van der Waals surface area contributed by atoms with Crippen molar-refractivity contribution in [3.8, 4) is 0 Å². The number of hydrogen-bond acceptors (Lipinski definition) is 5. The van der Waals surface area contributed by atoms with Gasteiger partial charge in [-0.3, -0.25) is 0 Å². The van der Waals surface area contributed by atoms with Crippen LogP contribution < -0.4 is 10.0 Å². The predicted molar refractivity (Wildman–Crippen MR) is 84.7 cm³/mol. The van der Waals surface area contributed by atoms with E-state index in [9.17, 15) is 8.42 Å². The molecule has 7 heteroatoms. The maximum absolute atomic E-state index is 12.3. The molecular weight excluding hydrogens is 306 g/mol. The van der Waals surface area contributed by atoms with Crippen LogP contribution in [0.5, 0.6) is 0 Å². The number of aryl methyl sites for hydroxylation is 1. The molecule has 2 N–H and O–H groups in total. The molecule has 21 heavy (non-hydrogen) atoms. The molecular formula is C14H19N3O2S2. The number of nitrogens with one attached hydrogen (secondary N) is 2. The highest BCUT2D eigenvalue weighted by Crippen LogP contribution is 2.17. The van der Waals surface area contributed by atoms with Crippen LogP contribution in [0.3, 0.4) is 0 Å². The van der Waals surface area contributed by atoms with Gasteiger partial charge in [-0.2, -0.15) is 0 Å². The lowest BCUT2D eigenvalue weighted by atomic mass is 10.1. The Hall–Kier alpha value is -1.28. The van der Waals surface area contributed by atoms with E-state index < -0.39 is 10.0 Å². The Morgan fingerprint density at radius 1 is 1.24 bits per heavy atom. The smallest absolute Gasteiger partial charge is 0.240 e. The third-order valence-corrected chi connectivity index (χ3v) is 5.20. The fourth-order valence-electron chi connectivity index (χ4n) is 2.05. The average molecular weight is 325 g/mol. The third kappa shape index (κ3) is 4.10. The van der Waals surface area contributed by atoms with Gasteiger partial charge in [0, 0.05) is 11.9 Å². The number of rotatable bonds is 7. The molecule has 0 fully saturated rings. The van der Waals surface area contributed by atoms with E-state index >= 15 is 0 Å². The van der Waals surface area contributed by atoms with Crippen LogP contribution in [0.4, 0.5) is 0 Å². The Morgan fingerprint density at radius 3 is 2.67 bits per heavy atom. The lowest BCUT2D eigenvalue weighted by Crippen LogP contribution is -2.23.